The highest BCUT2D eigenvalue weighted by molar-refractivity contribution is 6.31. The second kappa shape index (κ2) is 4.45. The van der Waals surface area contributed by atoms with E-state index in [-0.39, 0.29) is 5.78 Å². The first-order chi connectivity index (χ1) is 7.68. The molecule has 0 N–H and O–H groups in total. The maximum absolute atomic E-state index is 12.1. The fourth-order valence-electron chi connectivity index (χ4n) is 1.51. The molecule has 1 heterocycles. The number of aromatic nitrogens is 1. The largest absolute Gasteiger partial charge is 0.289 e. The Kier molecular flexibility index (Phi) is 3.02. The minimum atomic E-state index is -0.0481. The van der Waals surface area contributed by atoms with Gasteiger partial charge in [0.05, 0.1) is 0 Å². The van der Waals surface area contributed by atoms with Crippen molar-refractivity contribution in [1.82, 2.24) is 4.98 Å². The van der Waals surface area contributed by atoms with Crippen LogP contribution < -0.4 is 0 Å². The van der Waals surface area contributed by atoms with Crippen LogP contribution in [0.2, 0.25) is 5.02 Å². The lowest BCUT2D eigenvalue weighted by molar-refractivity contribution is 0.103. The number of hydrogen-bond acceptors (Lipinski definition) is 2. The minimum absolute atomic E-state index is 0.0481. The standard InChI is InChI=1S/C13H10ClNO/c1-9-12(6-3-7-15-9)13(16)10-4-2-5-11(14)8-10/h2-8H,1H3. The summed E-state index contributed by atoms with van der Waals surface area (Å²) in [5.41, 5.74) is 1.93. The number of ketones is 1. The Bertz CT molecular complexity index is 537. The Balaban J connectivity index is 2.44. The minimum Gasteiger partial charge on any atom is -0.289 e. The van der Waals surface area contributed by atoms with E-state index < -0.39 is 0 Å². The van der Waals surface area contributed by atoms with Gasteiger partial charge in [-0.25, -0.2) is 0 Å². The van der Waals surface area contributed by atoms with Gasteiger partial charge in [0, 0.05) is 28.0 Å². The SMILES string of the molecule is Cc1ncccc1C(=O)c1cccc(Cl)c1. The average molecular weight is 232 g/mol. The molecule has 1 aromatic heterocycles. The number of nitrogens with zero attached hydrogens (tertiary/aromatic N) is 1. The number of rotatable bonds is 2. The quantitative estimate of drug-likeness (QED) is 0.743. The number of aryl methyl sites for hydroxylation is 1. The first-order valence-corrected chi connectivity index (χ1v) is 5.28. The molecular weight excluding hydrogens is 222 g/mol. The molecule has 0 radical (unpaired) electrons. The average Bonchev–Trinajstić information content (AvgIpc) is 2.29. The molecule has 2 nitrogen and oxygen atoms in total. The topological polar surface area (TPSA) is 30.0 Å². The number of benzene rings is 1. The lowest BCUT2D eigenvalue weighted by atomic mass is 10.0. The van der Waals surface area contributed by atoms with Crippen LogP contribution in [0.1, 0.15) is 21.6 Å². The van der Waals surface area contributed by atoms with Crippen molar-refractivity contribution < 1.29 is 4.79 Å². The third-order valence-electron chi connectivity index (χ3n) is 2.34. The maximum atomic E-state index is 12.1. The van der Waals surface area contributed by atoms with Gasteiger partial charge >= 0.3 is 0 Å². The fourth-order valence-corrected chi connectivity index (χ4v) is 1.70. The molecule has 0 amide bonds. The van der Waals surface area contributed by atoms with E-state index in [1.807, 2.05) is 6.92 Å². The zero-order valence-electron chi connectivity index (χ0n) is 8.77. The molecular formula is C13H10ClNO. The van der Waals surface area contributed by atoms with Crippen molar-refractivity contribution in [2.75, 3.05) is 0 Å². The number of carbonyl (C=O) groups excluding carboxylic acids is 1. The molecule has 2 rings (SSSR count). The van der Waals surface area contributed by atoms with Gasteiger partial charge in [0.2, 0.25) is 0 Å². The van der Waals surface area contributed by atoms with Gasteiger partial charge in [-0.05, 0) is 31.2 Å². The summed E-state index contributed by atoms with van der Waals surface area (Å²) in [6, 6.07) is 10.4. The molecule has 0 saturated carbocycles. The molecule has 1 aromatic carbocycles. The first kappa shape index (κ1) is 10.8. The number of pyridine rings is 1. The van der Waals surface area contributed by atoms with Crippen LogP contribution in [0.25, 0.3) is 0 Å². The van der Waals surface area contributed by atoms with Gasteiger partial charge in [-0.3, -0.25) is 9.78 Å². The van der Waals surface area contributed by atoms with Gasteiger partial charge < -0.3 is 0 Å². The van der Waals surface area contributed by atoms with Crippen molar-refractivity contribution >= 4 is 17.4 Å². The van der Waals surface area contributed by atoms with Crippen LogP contribution in [0.15, 0.2) is 42.6 Å². The zero-order chi connectivity index (χ0) is 11.5. The van der Waals surface area contributed by atoms with Gasteiger partial charge in [0.1, 0.15) is 0 Å². The number of hydrogen-bond donors (Lipinski definition) is 0. The maximum Gasteiger partial charge on any atom is 0.194 e. The molecule has 0 aliphatic heterocycles. The summed E-state index contributed by atoms with van der Waals surface area (Å²) < 4.78 is 0. The van der Waals surface area contributed by atoms with E-state index >= 15 is 0 Å². The van der Waals surface area contributed by atoms with Crippen molar-refractivity contribution in [3.63, 3.8) is 0 Å². The smallest absolute Gasteiger partial charge is 0.194 e. The molecule has 0 aliphatic carbocycles. The molecule has 0 spiro atoms. The van der Waals surface area contributed by atoms with Gasteiger partial charge in [-0.2, -0.15) is 0 Å². The van der Waals surface area contributed by atoms with Gasteiger partial charge in [-0.15, -0.1) is 0 Å². The molecule has 0 atom stereocenters. The molecule has 0 bridgehead atoms. The van der Waals surface area contributed by atoms with Crippen molar-refractivity contribution in [2.24, 2.45) is 0 Å². The van der Waals surface area contributed by atoms with Crippen LogP contribution in [0.3, 0.4) is 0 Å². The van der Waals surface area contributed by atoms with Gasteiger partial charge in [0.15, 0.2) is 5.78 Å². The van der Waals surface area contributed by atoms with Crippen molar-refractivity contribution in [1.29, 1.82) is 0 Å². The summed E-state index contributed by atoms with van der Waals surface area (Å²) in [6.45, 7) is 1.82. The predicted molar refractivity (Wildman–Crippen MR) is 63.9 cm³/mol. The highest BCUT2D eigenvalue weighted by Gasteiger charge is 2.11. The Hall–Kier alpha value is -1.67. The molecule has 0 aliphatic rings. The number of halogens is 1. The van der Waals surface area contributed by atoms with Crippen molar-refractivity contribution in [3.05, 3.63) is 64.4 Å². The van der Waals surface area contributed by atoms with E-state index in [1.54, 1.807) is 42.6 Å². The highest BCUT2D eigenvalue weighted by Crippen LogP contribution is 2.16. The Morgan fingerprint density at radius 3 is 2.75 bits per heavy atom. The normalized spacial score (nSPS) is 10.1. The van der Waals surface area contributed by atoms with E-state index in [0.717, 1.165) is 5.69 Å². The molecule has 16 heavy (non-hydrogen) atoms. The Labute approximate surface area is 98.9 Å². The zero-order valence-corrected chi connectivity index (χ0v) is 9.53. The highest BCUT2D eigenvalue weighted by atomic mass is 35.5. The van der Waals surface area contributed by atoms with Crippen molar-refractivity contribution in [3.8, 4) is 0 Å². The molecule has 0 unspecified atom stereocenters. The van der Waals surface area contributed by atoms with E-state index in [2.05, 4.69) is 4.98 Å². The second-order valence-electron chi connectivity index (χ2n) is 3.48. The Morgan fingerprint density at radius 2 is 2.06 bits per heavy atom. The molecule has 2 aromatic rings. The van der Waals surface area contributed by atoms with Gasteiger partial charge in [-0.1, -0.05) is 23.7 Å². The third-order valence-corrected chi connectivity index (χ3v) is 2.57. The molecule has 0 saturated heterocycles. The monoisotopic (exact) mass is 231 g/mol. The molecule has 0 fully saturated rings. The van der Waals surface area contributed by atoms with Crippen LogP contribution in [-0.4, -0.2) is 10.8 Å². The lowest BCUT2D eigenvalue weighted by Gasteiger charge is -2.03. The first-order valence-electron chi connectivity index (χ1n) is 4.90. The summed E-state index contributed by atoms with van der Waals surface area (Å²) in [7, 11) is 0. The van der Waals surface area contributed by atoms with E-state index in [4.69, 9.17) is 11.6 Å². The van der Waals surface area contributed by atoms with Crippen molar-refractivity contribution in [2.45, 2.75) is 6.92 Å². The summed E-state index contributed by atoms with van der Waals surface area (Å²) in [4.78, 5) is 16.2. The Morgan fingerprint density at radius 1 is 1.25 bits per heavy atom. The van der Waals surface area contributed by atoms with E-state index in [1.165, 1.54) is 0 Å². The fraction of sp³-hybridized carbons (Fsp3) is 0.0769. The third kappa shape index (κ3) is 2.12. The van der Waals surface area contributed by atoms with E-state index in [0.29, 0.717) is 16.1 Å². The lowest BCUT2D eigenvalue weighted by Crippen LogP contribution is -2.04. The summed E-state index contributed by atoms with van der Waals surface area (Å²) in [5.74, 6) is -0.0481. The summed E-state index contributed by atoms with van der Waals surface area (Å²) >= 11 is 5.85. The number of carbonyl (C=O) groups is 1. The van der Waals surface area contributed by atoms with Crippen LogP contribution in [0, 0.1) is 6.92 Å². The van der Waals surface area contributed by atoms with Gasteiger partial charge in [0.25, 0.3) is 0 Å². The van der Waals surface area contributed by atoms with Crippen LogP contribution in [0.5, 0.6) is 0 Å². The summed E-state index contributed by atoms with van der Waals surface area (Å²) in [6.07, 6.45) is 1.67. The van der Waals surface area contributed by atoms with E-state index in [9.17, 15) is 4.79 Å². The molecule has 80 valence electrons. The molecule has 3 heteroatoms. The van der Waals surface area contributed by atoms with Crippen LogP contribution in [-0.2, 0) is 0 Å². The predicted octanol–water partition coefficient (Wildman–Crippen LogP) is 3.27. The van der Waals surface area contributed by atoms with Crippen LogP contribution >= 0.6 is 11.6 Å². The second-order valence-corrected chi connectivity index (χ2v) is 3.91. The summed E-state index contributed by atoms with van der Waals surface area (Å²) in [5, 5.41) is 0.562. The van der Waals surface area contributed by atoms with Crippen LogP contribution in [0.4, 0.5) is 0 Å².